The number of H-pyrrole nitrogens is 1. The Bertz CT molecular complexity index is 1200. The van der Waals surface area contributed by atoms with Gasteiger partial charge in [-0.15, -0.1) is 0 Å². The van der Waals surface area contributed by atoms with Crippen LogP contribution >= 0.6 is 0 Å². The van der Waals surface area contributed by atoms with Gasteiger partial charge in [-0.1, -0.05) is 36.4 Å². The van der Waals surface area contributed by atoms with Crippen LogP contribution in [0.2, 0.25) is 0 Å². The molecule has 2 heterocycles. The number of benzene rings is 2. The lowest BCUT2D eigenvalue weighted by molar-refractivity contribution is 0.0593. The largest absolute Gasteiger partial charge is 0.464 e. The molecule has 4 rings (SSSR count). The van der Waals surface area contributed by atoms with Gasteiger partial charge in [-0.05, 0) is 12.1 Å². The van der Waals surface area contributed by atoms with Crippen molar-refractivity contribution in [2.75, 3.05) is 12.8 Å². The molecule has 0 unspecified atom stereocenters. The Morgan fingerprint density at radius 1 is 1.22 bits per heavy atom. The molecule has 0 spiro atoms. The monoisotopic (exact) mass is 357 g/mol. The second kappa shape index (κ2) is 6.35. The van der Waals surface area contributed by atoms with Gasteiger partial charge in [0.05, 0.1) is 29.6 Å². The number of nitrogens with one attached hydrogen (secondary N) is 1. The number of methoxy groups -OCH3 is 1. The lowest BCUT2D eigenvalue weighted by atomic mass is 10.2. The first-order valence-electron chi connectivity index (χ1n) is 8.17. The number of fused-ring (bicyclic) bond motifs is 1. The van der Waals surface area contributed by atoms with Gasteiger partial charge in [-0.2, -0.15) is 5.26 Å². The Morgan fingerprint density at radius 2 is 2.00 bits per heavy atom. The molecule has 0 aliphatic rings. The van der Waals surface area contributed by atoms with Crippen LogP contribution in [0, 0.1) is 11.3 Å². The second-order valence-corrected chi connectivity index (χ2v) is 5.90. The number of rotatable bonds is 3. The summed E-state index contributed by atoms with van der Waals surface area (Å²) in [6.07, 6.45) is 1.52. The van der Waals surface area contributed by atoms with E-state index in [2.05, 4.69) is 4.98 Å². The van der Waals surface area contributed by atoms with E-state index in [1.165, 1.54) is 13.3 Å². The predicted octanol–water partition coefficient (Wildman–Crippen LogP) is 3.26. The van der Waals surface area contributed by atoms with E-state index in [1.807, 2.05) is 54.6 Å². The van der Waals surface area contributed by atoms with Gasteiger partial charge in [0.25, 0.3) is 0 Å². The molecule has 3 N–H and O–H groups in total. The van der Waals surface area contributed by atoms with Crippen LogP contribution in [0.15, 0.2) is 54.7 Å². The van der Waals surface area contributed by atoms with Crippen LogP contribution in [-0.4, -0.2) is 27.6 Å². The summed E-state index contributed by atoms with van der Waals surface area (Å²) in [6, 6.07) is 17.3. The average Bonchev–Trinajstić information content (AvgIpc) is 3.29. The summed E-state index contributed by atoms with van der Waals surface area (Å²) in [5.41, 5.74) is 9.40. The van der Waals surface area contributed by atoms with E-state index in [0.29, 0.717) is 17.0 Å². The Labute approximate surface area is 154 Å². The summed E-state index contributed by atoms with van der Waals surface area (Å²) < 4.78 is 6.40. The Kier molecular flexibility index (Phi) is 3.86. The molecule has 7 nitrogen and oxygen atoms in total. The fraction of sp³-hybridized carbons (Fsp3) is 0.0500. The number of nitrogens with zero attached hydrogens (tertiary/aromatic N) is 3. The van der Waals surface area contributed by atoms with Crippen molar-refractivity contribution in [2.24, 2.45) is 0 Å². The maximum atomic E-state index is 12.3. The van der Waals surface area contributed by atoms with Gasteiger partial charge in [-0.3, -0.25) is 0 Å². The number of imidazole rings is 1. The number of para-hydroxylation sites is 1. The van der Waals surface area contributed by atoms with Gasteiger partial charge >= 0.3 is 5.97 Å². The summed E-state index contributed by atoms with van der Waals surface area (Å²) in [5, 5.41) is 9.31. The fourth-order valence-corrected chi connectivity index (χ4v) is 3.05. The standard InChI is InChI=1S/C20H15N5O2/c1-27-20(26)18-16(22)13(10-21)11-25(18)15-9-5-8-14-17(15)24-19(23-14)12-6-3-2-4-7-12/h2-9,11H,22H2,1H3,(H,23,24). The van der Waals surface area contributed by atoms with Crippen molar-refractivity contribution in [1.82, 2.24) is 14.5 Å². The minimum Gasteiger partial charge on any atom is -0.464 e. The molecule has 132 valence electrons. The first kappa shape index (κ1) is 16.4. The number of nitrogens with two attached hydrogens (primary N) is 1. The van der Waals surface area contributed by atoms with E-state index in [1.54, 1.807) is 4.57 Å². The SMILES string of the molecule is COC(=O)c1c(N)c(C#N)cn1-c1cccc2[nH]c(-c3ccccc3)nc12. The van der Waals surface area contributed by atoms with Crippen LogP contribution < -0.4 is 5.73 Å². The van der Waals surface area contributed by atoms with Crippen LogP contribution in [0.4, 0.5) is 5.69 Å². The highest BCUT2D eigenvalue weighted by Crippen LogP contribution is 2.30. The Balaban J connectivity index is 1.97. The van der Waals surface area contributed by atoms with Gasteiger partial charge in [0, 0.05) is 11.8 Å². The van der Waals surface area contributed by atoms with E-state index in [4.69, 9.17) is 15.5 Å². The summed E-state index contributed by atoms with van der Waals surface area (Å²) in [5.74, 6) is 0.0862. The lowest BCUT2D eigenvalue weighted by Gasteiger charge is -2.08. The number of esters is 1. The zero-order valence-corrected chi connectivity index (χ0v) is 14.4. The van der Waals surface area contributed by atoms with E-state index >= 15 is 0 Å². The average molecular weight is 357 g/mol. The topological polar surface area (TPSA) is 110 Å². The molecule has 0 amide bonds. The van der Waals surface area contributed by atoms with E-state index in [9.17, 15) is 10.1 Å². The zero-order valence-electron chi connectivity index (χ0n) is 14.4. The van der Waals surface area contributed by atoms with Crippen molar-refractivity contribution >= 4 is 22.7 Å². The van der Waals surface area contributed by atoms with Crippen LogP contribution in [0.5, 0.6) is 0 Å². The van der Waals surface area contributed by atoms with Crippen molar-refractivity contribution in [3.05, 3.63) is 66.0 Å². The third-order valence-electron chi connectivity index (χ3n) is 4.34. The molecule has 0 fully saturated rings. The number of hydrogen-bond donors (Lipinski definition) is 2. The molecule has 2 aromatic carbocycles. The van der Waals surface area contributed by atoms with Crippen molar-refractivity contribution in [3.63, 3.8) is 0 Å². The number of ether oxygens (including phenoxy) is 1. The molecule has 0 saturated heterocycles. The van der Waals surface area contributed by atoms with E-state index in [0.717, 1.165) is 11.1 Å². The minimum atomic E-state index is -0.621. The first-order chi connectivity index (χ1) is 13.1. The number of nitriles is 1. The van der Waals surface area contributed by atoms with Crippen molar-refractivity contribution < 1.29 is 9.53 Å². The van der Waals surface area contributed by atoms with Crippen LogP contribution in [0.1, 0.15) is 16.1 Å². The molecular weight excluding hydrogens is 342 g/mol. The second-order valence-electron chi connectivity index (χ2n) is 5.90. The normalized spacial score (nSPS) is 10.7. The van der Waals surface area contributed by atoms with Crippen molar-refractivity contribution in [3.8, 4) is 23.1 Å². The molecular formula is C20H15N5O2. The molecule has 0 aliphatic carbocycles. The number of nitrogen functional groups attached to an aromatic ring is 1. The number of aromatic nitrogens is 3. The quantitative estimate of drug-likeness (QED) is 0.547. The summed E-state index contributed by atoms with van der Waals surface area (Å²) in [4.78, 5) is 20.2. The van der Waals surface area contributed by atoms with Crippen LogP contribution in [-0.2, 0) is 4.74 Å². The Morgan fingerprint density at radius 3 is 2.70 bits per heavy atom. The van der Waals surface area contributed by atoms with Gasteiger partial charge in [0.2, 0.25) is 0 Å². The van der Waals surface area contributed by atoms with Crippen molar-refractivity contribution in [2.45, 2.75) is 0 Å². The molecule has 27 heavy (non-hydrogen) atoms. The fourth-order valence-electron chi connectivity index (χ4n) is 3.05. The van der Waals surface area contributed by atoms with Gasteiger partial charge in [0.1, 0.15) is 17.4 Å². The molecule has 0 atom stereocenters. The smallest absolute Gasteiger partial charge is 0.357 e. The summed E-state index contributed by atoms with van der Waals surface area (Å²) in [7, 11) is 1.27. The van der Waals surface area contributed by atoms with Gasteiger partial charge in [0.15, 0.2) is 5.69 Å². The molecule has 0 radical (unpaired) electrons. The number of carbonyl (C=O) groups excluding carboxylic acids is 1. The molecule has 0 bridgehead atoms. The van der Waals surface area contributed by atoms with Gasteiger partial charge in [-0.25, -0.2) is 9.78 Å². The molecule has 0 saturated carbocycles. The predicted molar refractivity (Wildman–Crippen MR) is 101 cm³/mol. The zero-order chi connectivity index (χ0) is 19.0. The molecule has 4 aromatic rings. The maximum absolute atomic E-state index is 12.3. The number of carbonyl (C=O) groups is 1. The number of hydrogen-bond acceptors (Lipinski definition) is 5. The van der Waals surface area contributed by atoms with E-state index in [-0.39, 0.29) is 16.9 Å². The third-order valence-corrected chi connectivity index (χ3v) is 4.34. The van der Waals surface area contributed by atoms with Crippen molar-refractivity contribution in [1.29, 1.82) is 5.26 Å². The third kappa shape index (κ3) is 2.60. The maximum Gasteiger partial charge on any atom is 0.357 e. The lowest BCUT2D eigenvalue weighted by Crippen LogP contribution is -2.11. The van der Waals surface area contributed by atoms with Crippen LogP contribution in [0.3, 0.4) is 0 Å². The van der Waals surface area contributed by atoms with Crippen LogP contribution in [0.25, 0.3) is 28.1 Å². The minimum absolute atomic E-state index is 0.0835. The summed E-state index contributed by atoms with van der Waals surface area (Å²) in [6.45, 7) is 0. The molecule has 0 aliphatic heterocycles. The number of anilines is 1. The Hall–Kier alpha value is -4.05. The van der Waals surface area contributed by atoms with Gasteiger partial charge < -0.3 is 20.0 Å². The number of aromatic amines is 1. The highest BCUT2D eigenvalue weighted by molar-refractivity contribution is 5.97. The highest BCUT2D eigenvalue weighted by atomic mass is 16.5. The highest BCUT2D eigenvalue weighted by Gasteiger charge is 2.23. The molecule has 7 heteroatoms. The van der Waals surface area contributed by atoms with E-state index < -0.39 is 5.97 Å². The molecule has 2 aromatic heterocycles. The first-order valence-corrected chi connectivity index (χ1v) is 8.17. The summed E-state index contributed by atoms with van der Waals surface area (Å²) >= 11 is 0.